The molecule has 0 spiro atoms. The Morgan fingerprint density at radius 3 is 2.33 bits per heavy atom. The third-order valence-electron chi connectivity index (χ3n) is 2.15. The summed E-state index contributed by atoms with van der Waals surface area (Å²) >= 11 is 11.2. The summed E-state index contributed by atoms with van der Waals surface area (Å²) in [7, 11) is -4.23. The Labute approximate surface area is 114 Å². The van der Waals surface area contributed by atoms with Crippen LogP contribution < -0.4 is 4.72 Å². The van der Waals surface area contributed by atoms with Crippen LogP contribution in [0.3, 0.4) is 0 Å². The van der Waals surface area contributed by atoms with E-state index in [0.29, 0.717) is 6.07 Å². The monoisotopic (exact) mass is 317 g/mol. The number of halogens is 4. The number of sulfonamides is 1. The predicted molar refractivity (Wildman–Crippen MR) is 66.5 cm³/mol. The van der Waals surface area contributed by atoms with Gasteiger partial charge in [0.05, 0.1) is 5.54 Å². The minimum Gasteiger partial charge on any atom is -0.207 e. The first kappa shape index (κ1) is 15.6. The maximum atomic E-state index is 13.4. The molecule has 0 heterocycles. The third kappa shape index (κ3) is 3.54. The van der Waals surface area contributed by atoms with Crippen molar-refractivity contribution >= 4 is 33.2 Å². The summed E-state index contributed by atoms with van der Waals surface area (Å²) in [6, 6.07) is 2.17. The van der Waals surface area contributed by atoms with Gasteiger partial charge in [0, 0.05) is 11.8 Å². The summed E-state index contributed by atoms with van der Waals surface area (Å²) in [5, 5.41) is 0. The molecular weight excluding hydrogens is 307 g/mol. The molecule has 0 aliphatic rings. The number of hydrogen-bond donors (Lipinski definition) is 1. The van der Waals surface area contributed by atoms with E-state index in [-0.39, 0.29) is 11.8 Å². The number of rotatable bonds is 5. The lowest BCUT2D eigenvalue weighted by Gasteiger charge is -2.25. The van der Waals surface area contributed by atoms with Gasteiger partial charge in [-0.05, 0) is 25.1 Å². The quantitative estimate of drug-likeness (QED) is 0.848. The Kier molecular flexibility index (Phi) is 4.94. The maximum Gasteiger partial charge on any atom is 0.244 e. The Morgan fingerprint density at radius 2 is 1.83 bits per heavy atom. The molecule has 1 aromatic rings. The predicted octanol–water partition coefficient (Wildman–Crippen LogP) is 2.48. The van der Waals surface area contributed by atoms with Gasteiger partial charge in [0.25, 0.3) is 0 Å². The zero-order valence-electron chi connectivity index (χ0n) is 9.38. The number of benzene rings is 1. The zero-order chi connectivity index (χ0) is 14.0. The van der Waals surface area contributed by atoms with Crippen molar-refractivity contribution in [2.24, 2.45) is 0 Å². The number of nitrogens with one attached hydrogen (secondary N) is 1. The van der Waals surface area contributed by atoms with Crippen LogP contribution in [0.1, 0.15) is 6.92 Å². The van der Waals surface area contributed by atoms with E-state index in [2.05, 4.69) is 4.72 Å². The highest BCUT2D eigenvalue weighted by molar-refractivity contribution is 7.89. The first-order valence-corrected chi connectivity index (χ1v) is 7.40. The van der Waals surface area contributed by atoms with Gasteiger partial charge in [-0.2, -0.15) is 0 Å². The Hall–Kier alpha value is -0.430. The van der Waals surface area contributed by atoms with Crippen molar-refractivity contribution in [2.45, 2.75) is 17.4 Å². The second-order valence-electron chi connectivity index (χ2n) is 4.01. The summed E-state index contributed by atoms with van der Waals surface area (Å²) < 4.78 is 52.3. The van der Waals surface area contributed by atoms with Crippen LogP contribution in [0.5, 0.6) is 0 Å². The molecule has 0 radical (unpaired) electrons. The Balaban J connectivity index is 3.18. The summed E-state index contributed by atoms with van der Waals surface area (Å²) in [5.74, 6) is -2.11. The van der Waals surface area contributed by atoms with Gasteiger partial charge in [-0.1, -0.05) is 0 Å². The molecule has 0 atom stereocenters. The Morgan fingerprint density at radius 1 is 1.28 bits per heavy atom. The van der Waals surface area contributed by atoms with Gasteiger partial charge < -0.3 is 0 Å². The van der Waals surface area contributed by atoms with Gasteiger partial charge in [-0.25, -0.2) is 21.9 Å². The number of hydrogen-bond acceptors (Lipinski definition) is 2. The molecule has 0 amide bonds. The lowest BCUT2D eigenvalue weighted by atomic mass is 10.1. The highest BCUT2D eigenvalue weighted by Gasteiger charge is 2.31. The minimum absolute atomic E-state index is 0.104. The van der Waals surface area contributed by atoms with Crippen LogP contribution in [-0.4, -0.2) is 25.7 Å². The molecule has 0 aliphatic heterocycles. The topological polar surface area (TPSA) is 46.2 Å². The van der Waals surface area contributed by atoms with Crippen molar-refractivity contribution < 1.29 is 17.2 Å². The van der Waals surface area contributed by atoms with E-state index in [4.69, 9.17) is 23.2 Å². The molecule has 0 saturated carbocycles. The standard InChI is InChI=1S/C10H11Cl2F2NO2S/c1-10(5-11,6-12)15-18(16,17)9-4-7(13)2-3-8(9)14/h2-4,15H,5-6H2,1H3. The van der Waals surface area contributed by atoms with Gasteiger partial charge in [-0.15, -0.1) is 23.2 Å². The van der Waals surface area contributed by atoms with E-state index in [1.165, 1.54) is 6.92 Å². The van der Waals surface area contributed by atoms with Gasteiger partial charge in [-0.3, -0.25) is 0 Å². The largest absolute Gasteiger partial charge is 0.244 e. The smallest absolute Gasteiger partial charge is 0.207 e. The van der Waals surface area contributed by atoms with Crippen LogP contribution >= 0.6 is 23.2 Å². The molecule has 0 aliphatic carbocycles. The van der Waals surface area contributed by atoms with Crippen molar-refractivity contribution in [3.8, 4) is 0 Å². The fourth-order valence-electron chi connectivity index (χ4n) is 1.15. The molecule has 0 saturated heterocycles. The zero-order valence-corrected chi connectivity index (χ0v) is 11.7. The molecule has 0 unspecified atom stereocenters. The second-order valence-corrected chi connectivity index (χ2v) is 6.19. The summed E-state index contributed by atoms with van der Waals surface area (Å²) in [6.45, 7) is 1.46. The normalized spacial score (nSPS) is 12.7. The molecular formula is C10H11Cl2F2NO2S. The minimum atomic E-state index is -4.23. The van der Waals surface area contributed by atoms with Gasteiger partial charge in [0.2, 0.25) is 10.0 Å². The lowest BCUT2D eigenvalue weighted by molar-refractivity contribution is 0.492. The molecule has 102 valence electrons. The van der Waals surface area contributed by atoms with E-state index in [0.717, 1.165) is 12.1 Å². The van der Waals surface area contributed by atoms with Crippen LogP contribution in [-0.2, 0) is 10.0 Å². The van der Waals surface area contributed by atoms with Gasteiger partial charge in [0.15, 0.2) is 0 Å². The molecule has 1 aromatic carbocycles. The van der Waals surface area contributed by atoms with Crippen molar-refractivity contribution in [3.05, 3.63) is 29.8 Å². The molecule has 1 N–H and O–H groups in total. The van der Waals surface area contributed by atoms with Gasteiger partial charge in [0.1, 0.15) is 16.5 Å². The molecule has 0 aromatic heterocycles. The fraction of sp³-hybridized carbons (Fsp3) is 0.400. The molecule has 1 rings (SSSR count). The summed E-state index contributed by atoms with van der Waals surface area (Å²) in [4.78, 5) is -0.774. The van der Waals surface area contributed by atoms with E-state index >= 15 is 0 Å². The highest BCUT2D eigenvalue weighted by atomic mass is 35.5. The van der Waals surface area contributed by atoms with Crippen LogP contribution in [0.2, 0.25) is 0 Å². The average molecular weight is 318 g/mol. The molecule has 3 nitrogen and oxygen atoms in total. The fourth-order valence-corrected chi connectivity index (χ4v) is 3.23. The van der Waals surface area contributed by atoms with E-state index in [9.17, 15) is 17.2 Å². The van der Waals surface area contributed by atoms with E-state index in [1.54, 1.807) is 0 Å². The lowest BCUT2D eigenvalue weighted by Crippen LogP contribution is -2.49. The van der Waals surface area contributed by atoms with Crippen LogP contribution in [0.25, 0.3) is 0 Å². The van der Waals surface area contributed by atoms with E-state index in [1.807, 2.05) is 0 Å². The van der Waals surface area contributed by atoms with Crippen LogP contribution in [0.15, 0.2) is 23.1 Å². The van der Waals surface area contributed by atoms with Crippen molar-refractivity contribution in [2.75, 3.05) is 11.8 Å². The van der Waals surface area contributed by atoms with Crippen molar-refractivity contribution in [3.63, 3.8) is 0 Å². The van der Waals surface area contributed by atoms with Crippen molar-refractivity contribution in [1.29, 1.82) is 0 Å². The summed E-state index contributed by atoms with van der Waals surface area (Å²) in [6.07, 6.45) is 0. The summed E-state index contributed by atoms with van der Waals surface area (Å²) in [5.41, 5.74) is -1.14. The molecule has 8 heteroatoms. The average Bonchev–Trinajstić information content (AvgIpc) is 2.31. The molecule has 0 fully saturated rings. The maximum absolute atomic E-state index is 13.4. The first-order chi connectivity index (χ1) is 8.24. The van der Waals surface area contributed by atoms with Crippen molar-refractivity contribution in [1.82, 2.24) is 4.72 Å². The number of alkyl halides is 2. The Bertz CT molecular complexity index is 533. The van der Waals surface area contributed by atoms with Gasteiger partial charge >= 0.3 is 0 Å². The van der Waals surface area contributed by atoms with E-state index < -0.39 is 32.1 Å². The van der Waals surface area contributed by atoms with Crippen LogP contribution in [0.4, 0.5) is 8.78 Å². The third-order valence-corrected chi connectivity index (χ3v) is 4.99. The molecule has 0 bridgehead atoms. The SMILES string of the molecule is CC(CCl)(CCl)NS(=O)(=O)c1cc(F)ccc1F. The second kappa shape index (κ2) is 5.69. The molecule has 18 heavy (non-hydrogen) atoms. The highest BCUT2D eigenvalue weighted by Crippen LogP contribution is 2.19. The van der Waals surface area contributed by atoms with Crippen LogP contribution in [0, 0.1) is 11.6 Å². The first-order valence-electron chi connectivity index (χ1n) is 4.85.